The molecule has 0 bridgehead atoms. The van der Waals surface area contributed by atoms with Gasteiger partial charge in [-0.05, 0) is 19.1 Å². The van der Waals surface area contributed by atoms with Crippen molar-refractivity contribution in [3.63, 3.8) is 0 Å². The second-order valence-electron chi connectivity index (χ2n) is 5.74. The molecule has 1 fully saturated rings. The Hall–Kier alpha value is -2.61. The number of aryl methyl sites for hydroxylation is 1. The lowest BCUT2D eigenvalue weighted by Gasteiger charge is -2.35. The zero-order valence-corrected chi connectivity index (χ0v) is 13.0. The minimum atomic E-state index is 0.769. The predicted octanol–water partition coefficient (Wildman–Crippen LogP) is 0.545. The van der Waals surface area contributed by atoms with Crippen molar-refractivity contribution in [1.82, 2.24) is 34.7 Å². The molecule has 23 heavy (non-hydrogen) atoms. The molecule has 118 valence electrons. The Kier molecular flexibility index (Phi) is 3.58. The fraction of sp³-hybridized carbons (Fsp3) is 0.400. The van der Waals surface area contributed by atoms with Crippen LogP contribution >= 0.6 is 0 Å². The minimum absolute atomic E-state index is 0.769. The number of piperazine rings is 1. The molecule has 1 aliphatic rings. The van der Waals surface area contributed by atoms with E-state index >= 15 is 0 Å². The van der Waals surface area contributed by atoms with Crippen LogP contribution in [-0.2, 0) is 6.54 Å². The van der Waals surface area contributed by atoms with E-state index in [0.717, 1.165) is 55.6 Å². The van der Waals surface area contributed by atoms with Gasteiger partial charge < -0.3 is 4.90 Å². The highest BCUT2D eigenvalue weighted by Gasteiger charge is 2.19. The first-order valence-corrected chi connectivity index (χ1v) is 7.70. The SMILES string of the molecule is Cc1cnc(CN2CCN(c3ccc4nncn4n3)CC2)cn1. The summed E-state index contributed by atoms with van der Waals surface area (Å²) in [4.78, 5) is 13.4. The third-order valence-corrected chi connectivity index (χ3v) is 4.06. The summed E-state index contributed by atoms with van der Waals surface area (Å²) in [6, 6.07) is 3.95. The summed E-state index contributed by atoms with van der Waals surface area (Å²) < 4.78 is 1.71. The monoisotopic (exact) mass is 310 g/mol. The lowest BCUT2D eigenvalue weighted by molar-refractivity contribution is 0.246. The summed E-state index contributed by atoms with van der Waals surface area (Å²) in [6.07, 6.45) is 5.32. The topological polar surface area (TPSA) is 75.3 Å². The molecule has 0 saturated carbocycles. The van der Waals surface area contributed by atoms with Gasteiger partial charge in [-0.15, -0.1) is 15.3 Å². The van der Waals surface area contributed by atoms with Crippen LogP contribution in [0.2, 0.25) is 0 Å². The Morgan fingerprint density at radius 1 is 1.04 bits per heavy atom. The molecule has 0 atom stereocenters. The largest absolute Gasteiger partial charge is 0.353 e. The van der Waals surface area contributed by atoms with E-state index in [2.05, 4.69) is 35.1 Å². The van der Waals surface area contributed by atoms with E-state index < -0.39 is 0 Å². The summed E-state index contributed by atoms with van der Waals surface area (Å²) in [5.74, 6) is 0.965. The van der Waals surface area contributed by atoms with Gasteiger partial charge in [0.2, 0.25) is 0 Å². The van der Waals surface area contributed by atoms with Crippen molar-refractivity contribution in [2.45, 2.75) is 13.5 Å². The van der Waals surface area contributed by atoms with Gasteiger partial charge in [0.15, 0.2) is 5.65 Å². The molecule has 0 N–H and O–H groups in total. The zero-order valence-electron chi connectivity index (χ0n) is 13.0. The second-order valence-corrected chi connectivity index (χ2v) is 5.74. The Labute approximate surface area is 133 Å². The second kappa shape index (κ2) is 5.88. The van der Waals surface area contributed by atoms with Crippen molar-refractivity contribution in [3.05, 3.63) is 42.2 Å². The average Bonchev–Trinajstić information content (AvgIpc) is 3.05. The Balaban J connectivity index is 1.39. The van der Waals surface area contributed by atoms with E-state index in [1.54, 1.807) is 10.8 Å². The van der Waals surface area contributed by atoms with Crippen LogP contribution in [0.4, 0.5) is 5.82 Å². The normalized spacial score (nSPS) is 16.1. The fourth-order valence-electron chi connectivity index (χ4n) is 2.75. The highest BCUT2D eigenvalue weighted by atomic mass is 15.4. The highest BCUT2D eigenvalue weighted by molar-refractivity contribution is 5.45. The molecule has 0 aromatic carbocycles. The lowest BCUT2D eigenvalue weighted by Crippen LogP contribution is -2.46. The van der Waals surface area contributed by atoms with E-state index in [1.165, 1.54) is 0 Å². The molecule has 0 radical (unpaired) electrons. The molecular weight excluding hydrogens is 292 g/mol. The predicted molar refractivity (Wildman–Crippen MR) is 85.0 cm³/mol. The molecule has 4 heterocycles. The molecule has 0 unspecified atom stereocenters. The number of aromatic nitrogens is 6. The van der Waals surface area contributed by atoms with Crippen LogP contribution in [0.25, 0.3) is 5.65 Å². The van der Waals surface area contributed by atoms with Gasteiger partial charge in [-0.3, -0.25) is 14.9 Å². The van der Waals surface area contributed by atoms with Crippen LogP contribution in [0.3, 0.4) is 0 Å². The zero-order chi connectivity index (χ0) is 15.6. The number of hydrogen-bond donors (Lipinski definition) is 0. The summed E-state index contributed by atoms with van der Waals surface area (Å²) in [7, 11) is 0. The minimum Gasteiger partial charge on any atom is -0.353 e. The maximum atomic E-state index is 4.55. The van der Waals surface area contributed by atoms with Crippen LogP contribution in [0.15, 0.2) is 30.9 Å². The van der Waals surface area contributed by atoms with E-state index in [9.17, 15) is 0 Å². The van der Waals surface area contributed by atoms with E-state index in [0.29, 0.717) is 0 Å². The first-order chi connectivity index (χ1) is 11.3. The third kappa shape index (κ3) is 2.98. The smallest absolute Gasteiger partial charge is 0.177 e. The van der Waals surface area contributed by atoms with Crippen molar-refractivity contribution in [2.75, 3.05) is 31.1 Å². The maximum absolute atomic E-state index is 4.55. The van der Waals surface area contributed by atoms with Gasteiger partial charge in [0.05, 0.1) is 11.4 Å². The lowest BCUT2D eigenvalue weighted by atomic mass is 10.3. The van der Waals surface area contributed by atoms with Crippen molar-refractivity contribution in [3.8, 4) is 0 Å². The molecular formula is C15H18N8. The van der Waals surface area contributed by atoms with Crippen LogP contribution in [0.1, 0.15) is 11.4 Å². The quantitative estimate of drug-likeness (QED) is 0.699. The van der Waals surface area contributed by atoms with Gasteiger partial charge in [-0.2, -0.15) is 4.52 Å². The van der Waals surface area contributed by atoms with Gasteiger partial charge in [-0.25, -0.2) is 0 Å². The van der Waals surface area contributed by atoms with Crippen molar-refractivity contribution in [1.29, 1.82) is 0 Å². The van der Waals surface area contributed by atoms with Gasteiger partial charge >= 0.3 is 0 Å². The van der Waals surface area contributed by atoms with E-state index in [-0.39, 0.29) is 0 Å². The summed E-state index contributed by atoms with van der Waals surface area (Å²) in [5, 5.41) is 12.4. The average molecular weight is 310 g/mol. The van der Waals surface area contributed by atoms with Crippen LogP contribution in [0.5, 0.6) is 0 Å². The molecule has 1 saturated heterocycles. The molecule has 0 aliphatic carbocycles. The summed E-state index contributed by atoms with van der Waals surface area (Å²) >= 11 is 0. The third-order valence-electron chi connectivity index (χ3n) is 4.06. The van der Waals surface area contributed by atoms with E-state index in [4.69, 9.17) is 0 Å². The Morgan fingerprint density at radius 3 is 2.70 bits per heavy atom. The molecule has 0 amide bonds. The van der Waals surface area contributed by atoms with Gasteiger partial charge in [0, 0.05) is 45.1 Å². The Bertz CT molecular complexity index is 789. The molecule has 8 nitrogen and oxygen atoms in total. The number of anilines is 1. The highest BCUT2D eigenvalue weighted by Crippen LogP contribution is 2.14. The van der Waals surface area contributed by atoms with E-state index in [1.807, 2.05) is 31.5 Å². The molecule has 3 aromatic rings. The first-order valence-electron chi connectivity index (χ1n) is 7.70. The van der Waals surface area contributed by atoms with Crippen LogP contribution in [-0.4, -0.2) is 60.9 Å². The number of fused-ring (bicyclic) bond motifs is 1. The molecule has 0 spiro atoms. The number of rotatable bonds is 3. The Morgan fingerprint density at radius 2 is 1.91 bits per heavy atom. The van der Waals surface area contributed by atoms with Crippen molar-refractivity contribution in [2.24, 2.45) is 0 Å². The molecule has 8 heteroatoms. The molecule has 4 rings (SSSR count). The summed E-state index contributed by atoms with van der Waals surface area (Å²) in [5.41, 5.74) is 2.74. The van der Waals surface area contributed by atoms with Gasteiger partial charge in [0.1, 0.15) is 12.1 Å². The first kappa shape index (κ1) is 14.0. The maximum Gasteiger partial charge on any atom is 0.177 e. The number of nitrogens with zero attached hydrogens (tertiary/aromatic N) is 8. The number of hydrogen-bond acceptors (Lipinski definition) is 7. The summed E-state index contributed by atoms with van der Waals surface area (Å²) in [6.45, 7) is 6.66. The van der Waals surface area contributed by atoms with Crippen molar-refractivity contribution < 1.29 is 0 Å². The standard InChI is InChI=1S/C15H18N8/c1-12-8-17-13(9-16-12)10-21-4-6-22(7-5-21)15-3-2-14-19-18-11-23(14)20-15/h2-3,8-9,11H,4-7,10H2,1H3. The molecule has 1 aliphatic heterocycles. The molecule has 3 aromatic heterocycles. The van der Waals surface area contributed by atoms with Gasteiger partial charge in [0.25, 0.3) is 0 Å². The fourth-order valence-corrected chi connectivity index (χ4v) is 2.75. The van der Waals surface area contributed by atoms with Crippen molar-refractivity contribution >= 4 is 11.5 Å². The van der Waals surface area contributed by atoms with Crippen LogP contribution < -0.4 is 4.90 Å². The van der Waals surface area contributed by atoms with Gasteiger partial charge in [-0.1, -0.05) is 0 Å². The van der Waals surface area contributed by atoms with Crippen LogP contribution in [0, 0.1) is 6.92 Å².